The minimum atomic E-state index is 1.20. The van der Waals surface area contributed by atoms with Crippen molar-refractivity contribution in [3.05, 3.63) is 84.9 Å². The molecule has 7 rings (SSSR count). The van der Waals surface area contributed by atoms with Gasteiger partial charge in [-0.2, -0.15) is 0 Å². The molecule has 1 N–H and O–H groups in total. The van der Waals surface area contributed by atoms with E-state index in [0.717, 1.165) is 0 Å². The van der Waals surface area contributed by atoms with E-state index in [1.807, 2.05) is 0 Å². The van der Waals surface area contributed by atoms with Crippen LogP contribution in [0, 0.1) is 0 Å². The molecule has 0 aliphatic rings. The van der Waals surface area contributed by atoms with Gasteiger partial charge in [0, 0.05) is 50.7 Å². The highest BCUT2D eigenvalue weighted by molar-refractivity contribution is 6.32. The molecule has 7 aromatic rings. The van der Waals surface area contributed by atoms with Crippen LogP contribution < -0.4 is 0 Å². The maximum atomic E-state index is 3.66. The molecule has 0 amide bonds. The molecule has 0 saturated heterocycles. The molecule has 0 spiro atoms. The molecule has 5 aromatic carbocycles. The van der Waals surface area contributed by atoms with Crippen molar-refractivity contribution >= 4 is 65.2 Å². The lowest BCUT2D eigenvalue weighted by molar-refractivity contribution is 1.02. The number of fused-ring (bicyclic) bond motifs is 10. The predicted molar refractivity (Wildman–Crippen MR) is 125 cm³/mol. The highest BCUT2D eigenvalue weighted by Crippen LogP contribution is 2.41. The van der Waals surface area contributed by atoms with Crippen LogP contribution in [0.25, 0.3) is 65.2 Å². The summed E-state index contributed by atoms with van der Waals surface area (Å²) in [6.07, 6.45) is 0. The Labute approximate surface area is 167 Å². The van der Waals surface area contributed by atoms with Gasteiger partial charge in [-0.05, 0) is 51.9 Å². The molecule has 0 atom stereocenters. The van der Waals surface area contributed by atoms with Crippen molar-refractivity contribution in [3.8, 4) is 0 Å². The SMILES string of the molecule is Cn1c2cc3ccccc3cc2c2c3c(ccc21)[nH]c1ccc2ccccc2c13. The van der Waals surface area contributed by atoms with E-state index in [9.17, 15) is 0 Å². The second-order valence-electron chi connectivity index (χ2n) is 7.99. The molecule has 2 heteroatoms. The number of nitrogens with zero attached hydrogens (tertiary/aromatic N) is 1. The first kappa shape index (κ1) is 15.2. The van der Waals surface area contributed by atoms with Crippen molar-refractivity contribution in [2.75, 3.05) is 0 Å². The zero-order chi connectivity index (χ0) is 19.1. The highest BCUT2D eigenvalue weighted by atomic mass is 14.9. The van der Waals surface area contributed by atoms with E-state index in [1.54, 1.807) is 0 Å². The maximum absolute atomic E-state index is 3.66. The molecular formula is C27H18N2. The summed E-state index contributed by atoms with van der Waals surface area (Å²) in [5.41, 5.74) is 4.95. The van der Waals surface area contributed by atoms with E-state index in [1.165, 1.54) is 65.2 Å². The molecule has 0 radical (unpaired) electrons. The molecule has 0 saturated carbocycles. The van der Waals surface area contributed by atoms with Crippen LogP contribution in [0.15, 0.2) is 84.9 Å². The molecule has 2 heterocycles. The summed E-state index contributed by atoms with van der Waals surface area (Å²) in [4.78, 5) is 3.66. The van der Waals surface area contributed by atoms with Crippen LogP contribution in [0.3, 0.4) is 0 Å². The van der Waals surface area contributed by atoms with Crippen molar-refractivity contribution < 1.29 is 0 Å². The van der Waals surface area contributed by atoms with Crippen LogP contribution in [0.1, 0.15) is 0 Å². The first-order valence-corrected chi connectivity index (χ1v) is 10.0. The molecule has 0 aliphatic carbocycles. The van der Waals surface area contributed by atoms with E-state index in [2.05, 4.69) is 102 Å². The largest absolute Gasteiger partial charge is 0.354 e. The van der Waals surface area contributed by atoms with Crippen LogP contribution >= 0.6 is 0 Å². The standard InChI is InChI=1S/C27H18N2/c1-29-23-13-12-22-27(25-19-9-5-4-6-16(19)10-11-21(25)28-22)26(23)20-14-17-7-2-3-8-18(17)15-24(20)29/h2-15,28H,1H3. The van der Waals surface area contributed by atoms with Gasteiger partial charge in [0.25, 0.3) is 0 Å². The van der Waals surface area contributed by atoms with Crippen LogP contribution in [-0.4, -0.2) is 9.55 Å². The summed E-state index contributed by atoms with van der Waals surface area (Å²) < 4.78 is 2.33. The van der Waals surface area contributed by atoms with E-state index in [4.69, 9.17) is 0 Å². The van der Waals surface area contributed by atoms with Crippen LogP contribution in [-0.2, 0) is 7.05 Å². The summed E-state index contributed by atoms with van der Waals surface area (Å²) in [5.74, 6) is 0. The number of aromatic nitrogens is 2. The lowest BCUT2D eigenvalue weighted by Gasteiger charge is -2.02. The lowest BCUT2D eigenvalue weighted by atomic mass is 9.99. The Morgan fingerprint density at radius 2 is 1.24 bits per heavy atom. The summed E-state index contributed by atoms with van der Waals surface area (Å²) in [7, 11) is 2.18. The zero-order valence-electron chi connectivity index (χ0n) is 16.0. The molecule has 0 bridgehead atoms. The topological polar surface area (TPSA) is 20.7 Å². The fourth-order valence-electron chi connectivity index (χ4n) is 5.13. The molecule has 2 aromatic heterocycles. The third-order valence-electron chi connectivity index (χ3n) is 6.49. The molecule has 0 aliphatic heterocycles. The number of benzene rings is 5. The fourth-order valence-corrected chi connectivity index (χ4v) is 5.13. The molecule has 0 unspecified atom stereocenters. The van der Waals surface area contributed by atoms with E-state index in [-0.39, 0.29) is 0 Å². The molecule has 0 fully saturated rings. The van der Waals surface area contributed by atoms with Gasteiger partial charge in [-0.25, -0.2) is 0 Å². The number of hydrogen-bond acceptors (Lipinski definition) is 0. The second-order valence-corrected chi connectivity index (χ2v) is 7.99. The van der Waals surface area contributed by atoms with Crippen molar-refractivity contribution in [2.45, 2.75) is 0 Å². The minimum Gasteiger partial charge on any atom is -0.354 e. The maximum Gasteiger partial charge on any atom is 0.0496 e. The summed E-state index contributed by atoms with van der Waals surface area (Å²) in [6.45, 7) is 0. The number of aryl methyl sites for hydroxylation is 1. The van der Waals surface area contributed by atoms with Crippen LogP contribution in [0.4, 0.5) is 0 Å². The lowest BCUT2D eigenvalue weighted by Crippen LogP contribution is -1.86. The Balaban J connectivity index is 1.82. The average Bonchev–Trinajstić information content (AvgIpc) is 3.28. The van der Waals surface area contributed by atoms with Gasteiger partial charge in [0.05, 0.1) is 0 Å². The molecule has 29 heavy (non-hydrogen) atoms. The van der Waals surface area contributed by atoms with Crippen molar-refractivity contribution in [3.63, 3.8) is 0 Å². The van der Waals surface area contributed by atoms with Gasteiger partial charge in [0.15, 0.2) is 0 Å². The smallest absolute Gasteiger partial charge is 0.0496 e. The first-order chi connectivity index (χ1) is 14.3. The van der Waals surface area contributed by atoms with Gasteiger partial charge in [0.2, 0.25) is 0 Å². The minimum absolute atomic E-state index is 1.20. The average molecular weight is 370 g/mol. The van der Waals surface area contributed by atoms with Gasteiger partial charge in [-0.1, -0.05) is 54.6 Å². The van der Waals surface area contributed by atoms with Gasteiger partial charge in [0.1, 0.15) is 0 Å². The Bertz CT molecular complexity index is 1760. The van der Waals surface area contributed by atoms with Gasteiger partial charge in [-0.15, -0.1) is 0 Å². The van der Waals surface area contributed by atoms with E-state index < -0.39 is 0 Å². The zero-order valence-corrected chi connectivity index (χ0v) is 16.0. The molecule has 136 valence electrons. The number of H-pyrrole nitrogens is 1. The van der Waals surface area contributed by atoms with Crippen molar-refractivity contribution in [1.29, 1.82) is 0 Å². The third kappa shape index (κ3) is 1.86. The quantitative estimate of drug-likeness (QED) is 0.290. The number of aromatic amines is 1. The Morgan fingerprint density at radius 1 is 0.552 bits per heavy atom. The summed E-state index contributed by atoms with van der Waals surface area (Å²) >= 11 is 0. The first-order valence-electron chi connectivity index (χ1n) is 10.0. The van der Waals surface area contributed by atoms with Gasteiger partial charge < -0.3 is 9.55 Å². The van der Waals surface area contributed by atoms with Crippen LogP contribution in [0.2, 0.25) is 0 Å². The number of hydrogen-bond donors (Lipinski definition) is 1. The Morgan fingerprint density at radius 3 is 2.10 bits per heavy atom. The molecular weight excluding hydrogens is 352 g/mol. The van der Waals surface area contributed by atoms with E-state index in [0.29, 0.717) is 0 Å². The molecule has 2 nitrogen and oxygen atoms in total. The second kappa shape index (κ2) is 5.18. The fraction of sp³-hybridized carbons (Fsp3) is 0.0370. The summed E-state index contributed by atoms with van der Waals surface area (Å²) in [6, 6.07) is 30.9. The number of rotatable bonds is 0. The summed E-state index contributed by atoms with van der Waals surface area (Å²) in [5, 5.41) is 10.5. The highest BCUT2D eigenvalue weighted by Gasteiger charge is 2.17. The number of nitrogens with one attached hydrogen (secondary N) is 1. The van der Waals surface area contributed by atoms with Gasteiger partial charge in [-0.3, -0.25) is 0 Å². The van der Waals surface area contributed by atoms with Crippen molar-refractivity contribution in [2.24, 2.45) is 7.05 Å². The van der Waals surface area contributed by atoms with Crippen LogP contribution in [0.5, 0.6) is 0 Å². The van der Waals surface area contributed by atoms with Gasteiger partial charge >= 0.3 is 0 Å². The predicted octanol–water partition coefficient (Wildman–Crippen LogP) is 7.27. The Hall–Kier alpha value is -3.78. The Kier molecular flexibility index (Phi) is 2.71. The van der Waals surface area contributed by atoms with E-state index >= 15 is 0 Å². The monoisotopic (exact) mass is 370 g/mol. The third-order valence-corrected chi connectivity index (χ3v) is 6.49. The normalized spacial score (nSPS) is 12.3. The van der Waals surface area contributed by atoms with Crippen molar-refractivity contribution in [1.82, 2.24) is 9.55 Å².